The number of imidazole rings is 1. The molecule has 7 nitrogen and oxygen atoms in total. The molecule has 0 aliphatic carbocycles. The van der Waals surface area contributed by atoms with Gasteiger partial charge in [0.25, 0.3) is 5.91 Å². The van der Waals surface area contributed by atoms with Crippen molar-refractivity contribution in [2.75, 3.05) is 6.54 Å². The van der Waals surface area contributed by atoms with E-state index in [1.807, 2.05) is 75.8 Å². The van der Waals surface area contributed by atoms with Crippen LogP contribution in [-0.2, 0) is 19.7 Å². The first-order valence-electron chi connectivity index (χ1n) is 9.63. The summed E-state index contributed by atoms with van der Waals surface area (Å²) in [5.74, 6) is 0.629. The van der Waals surface area contributed by atoms with E-state index < -0.39 is 0 Å². The third-order valence-corrected chi connectivity index (χ3v) is 5.20. The second kappa shape index (κ2) is 7.09. The van der Waals surface area contributed by atoms with E-state index in [1.54, 1.807) is 6.20 Å². The molecule has 0 radical (unpaired) electrons. The van der Waals surface area contributed by atoms with Crippen LogP contribution in [0.3, 0.4) is 0 Å². The number of aromatic nitrogens is 4. The molecule has 3 aromatic heterocycles. The Balaban J connectivity index is 1.26. The lowest BCUT2D eigenvalue weighted by atomic mass is 10.1. The zero-order valence-corrected chi connectivity index (χ0v) is 16.2. The molecular weight excluding hydrogens is 366 g/mol. The molecular formula is C22H21N5O2. The maximum Gasteiger partial charge on any atom is 0.254 e. The summed E-state index contributed by atoms with van der Waals surface area (Å²) >= 11 is 0. The number of ether oxygens (including phenoxy) is 1. The molecule has 146 valence electrons. The number of hydrogen-bond donors (Lipinski definition) is 0. The number of carbonyl (C=O) groups is 1. The van der Waals surface area contributed by atoms with Crippen LogP contribution < -0.4 is 4.74 Å². The number of nitrogens with zero attached hydrogens (tertiary/aromatic N) is 5. The Morgan fingerprint density at radius 1 is 1.14 bits per heavy atom. The SMILES string of the molecule is Cc1ccc(C(=O)N2CCn3nc(OCc4ccc5nccn5c4)cc3C2)cc1. The fourth-order valence-electron chi connectivity index (χ4n) is 3.57. The van der Waals surface area contributed by atoms with E-state index in [0.29, 0.717) is 32.1 Å². The zero-order chi connectivity index (χ0) is 19.8. The fourth-order valence-corrected chi connectivity index (χ4v) is 3.57. The summed E-state index contributed by atoms with van der Waals surface area (Å²) in [6, 6.07) is 13.6. The largest absolute Gasteiger partial charge is 0.472 e. The predicted molar refractivity (Wildman–Crippen MR) is 108 cm³/mol. The first kappa shape index (κ1) is 17.5. The van der Waals surface area contributed by atoms with Gasteiger partial charge < -0.3 is 14.0 Å². The Labute approximate surface area is 168 Å². The van der Waals surface area contributed by atoms with Gasteiger partial charge in [0.05, 0.1) is 18.8 Å². The highest BCUT2D eigenvalue weighted by molar-refractivity contribution is 5.94. The first-order chi connectivity index (χ1) is 14.2. The molecule has 29 heavy (non-hydrogen) atoms. The molecule has 1 amide bonds. The van der Waals surface area contributed by atoms with Crippen LogP contribution in [0.4, 0.5) is 0 Å². The van der Waals surface area contributed by atoms with Crippen molar-refractivity contribution in [1.29, 1.82) is 0 Å². The summed E-state index contributed by atoms with van der Waals surface area (Å²) in [4.78, 5) is 18.9. The second-order valence-electron chi connectivity index (χ2n) is 7.31. The van der Waals surface area contributed by atoms with Crippen LogP contribution in [0.15, 0.2) is 61.1 Å². The van der Waals surface area contributed by atoms with E-state index in [0.717, 1.165) is 28.0 Å². The smallest absolute Gasteiger partial charge is 0.254 e. The number of fused-ring (bicyclic) bond motifs is 2. The molecule has 0 saturated carbocycles. The average Bonchev–Trinajstić information content (AvgIpc) is 3.37. The third kappa shape index (κ3) is 3.47. The van der Waals surface area contributed by atoms with Crippen molar-refractivity contribution in [3.63, 3.8) is 0 Å². The lowest BCUT2D eigenvalue weighted by Crippen LogP contribution is -2.38. The van der Waals surface area contributed by atoms with E-state index in [2.05, 4.69) is 10.1 Å². The normalized spacial score (nSPS) is 13.5. The molecule has 0 atom stereocenters. The average molecular weight is 387 g/mol. The van der Waals surface area contributed by atoms with Crippen molar-refractivity contribution in [3.05, 3.63) is 83.4 Å². The highest BCUT2D eigenvalue weighted by atomic mass is 16.5. The fraction of sp³-hybridized carbons (Fsp3) is 0.227. The van der Waals surface area contributed by atoms with Crippen molar-refractivity contribution in [2.24, 2.45) is 0 Å². The molecule has 7 heteroatoms. The second-order valence-corrected chi connectivity index (χ2v) is 7.31. The minimum Gasteiger partial charge on any atom is -0.472 e. The Morgan fingerprint density at radius 3 is 2.86 bits per heavy atom. The number of pyridine rings is 1. The molecule has 5 rings (SSSR count). The maximum atomic E-state index is 12.8. The Kier molecular flexibility index (Phi) is 4.27. The number of benzene rings is 1. The lowest BCUT2D eigenvalue weighted by Gasteiger charge is -2.27. The van der Waals surface area contributed by atoms with Crippen LogP contribution in [0.2, 0.25) is 0 Å². The van der Waals surface area contributed by atoms with Gasteiger partial charge in [0.2, 0.25) is 5.88 Å². The number of carbonyl (C=O) groups excluding carboxylic acids is 1. The minimum atomic E-state index is 0.0496. The van der Waals surface area contributed by atoms with Crippen LogP contribution in [0.1, 0.15) is 27.2 Å². The van der Waals surface area contributed by atoms with Crippen LogP contribution in [0.5, 0.6) is 5.88 Å². The van der Waals surface area contributed by atoms with Crippen molar-refractivity contribution >= 4 is 11.6 Å². The molecule has 0 saturated heterocycles. The topological polar surface area (TPSA) is 64.7 Å². The summed E-state index contributed by atoms with van der Waals surface area (Å²) in [7, 11) is 0. The first-order valence-corrected chi connectivity index (χ1v) is 9.63. The van der Waals surface area contributed by atoms with E-state index >= 15 is 0 Å². The summed E-state index contributed by atoms with van der Waals surface area (Å²) in [5.41, 5.74) is 4.79. The molecule has 4 heterocycles. The quantitative estimate of drug-likeness (QED) is 0.540. The van der Waals surface area contributed by atoms with Gasteiger partial charge >= 0.3 is 0 Å². The van der Waals surface area contributed by atoms with Gasteiger partial charge in [-0.3, -0.25) is 9.48 Å². The molecule has 1 aliphatic heterocycles. The lowest BCUT2D eigenvalue weighted by molar-refractivity contribution is 0.0706. The van der Waals surface area contributed by atoms with Gasteiger partial charge in [-0.15, -0.1) is 5.10 Å². The van der Waals surface area contributed by atoms with Gasteiger partial charge in [-0.1, -0.05) is 23.8 Å². The molecule has 4 aromatic rings. The van der Waals surface area contributed by atoms with Gasteiger partial charge in [0.15, 0.2) is 0 Å². The summed E-state index contributed by atoms with van der Waals surface area (Å²) < 4.78 is 9.78. The zero-order valence-electron chi connectivity index (χ0n) is 16.2. The third-order valence-electron chi connectivity index (χ3n) is 5.20. The molecule has 0 unspecified atom stereocenters. The van der Waals surface area contributed by atoms with Crippen molar-refractivity contribution in [3.8, 4) is 5.88 Å². The summed E-state index contributed by atoms with van der Waals surface area (Å²) in [5, 5.41) is 4.53. The van der Waals surface area contributed by atoms with Gasteiger partial charge in [-0.25, -0.2) is 4.98 Å². The highest BCUT2D eigenvalue weighted by Gasteiger charge is 2.23. The minimum absolute atomic E-state index is 0.0496. The Hall–Kier alpha value is -3.61. The van der Waals surface area contributed by atoms with Gasteiger partial charge in [0, 0.05) is 42.3 Å². The Morgan fingerprint density at radius 2 is 2.00 bits per heavy atom. The van der Waals surface area contributed by atoms with E-state index in [4.69, 9.17) is 4.74 Å². The van der Waals surface area contributed by atoms with Crippen molar-refractivity contribution in [1.82, 2.24) is 24.1 Å². The molecule has 0 fully saturated rings. The van der Waals surface area contributed by atoms with Crippen LogP contribution in [0, 0.1) is 6.92 Å². The van der Waals surface area contributed by atoms with E-state index in [9.17, 15) is 4.79 Å². The molecule has 0 spiro atoms. The summed E-state index contributed by atoms with van der Waals surface area (Å²) in [6.45, 7) is 4.28. The molecule has 0 N–H and O–H groups in total. The predicted octanol–water partition coefficient (Wildman–Crippen LogP) is 3.07. The van der Waals surface area contributed by atoms with E-state index in [-0.39, 0.29) is 5.91 Å². The number of aryl methyl sites for hydroxylation is 1. The molecule has 1 aliphatic rings. The van der Waals surface area contributed by atoms with Crippen LogP contribution in [0.25, 0.3) is 5.65 Å². The van der Waals surface area contributed by atoms with Crippen molar-refractivity contribution < 1.29 is 9.53 Å². The molecule has 0 bridgehead atoms. The number of rotatable bonds is 4. The Bertz CT molecular complexity index is 1180. The number of hydrogen-bond acceptors (Lipinski definition) is 4. The maximum absolute atomic E-state index is 12.8. The standard InChI is InChI=1S/C22H21N5O2/c1-16-2-5-18(6-3-16)22(28)26-10-11-27-19(14-26)12-21(24-27)29-15-17-4-7-20-23-8-9-25(20)13-17/h2-9,12-13H,10-11,14-15H2,1H3. The van der Waals surface area contributed by atoms with E-state index in [1.165, 1.54) is 0 Å². The molecule has 1 aromatic carbocycles. The monoisotopic (exact) mass is 387 g/mol. The van der Waals surface area contributed by atoms with Crippen LogP contribution in [-0.4, -0.2) is 36.5 Å². The highest BCUT2D eigenvalue weighted by Crippen LogP contribution is 2.21. The van der Waals surface area contributed by atoms with Crippen molar-refractivity contribution in [2.45, 2.75) is 26.6 Å². The van der Waals surface area contributed by atoms with Gasteiger partial charge in [0.1, 0.15) is 12.3 Å². The van der Waals surface area contributed by atoms with Crippen LogP contribution >= 0.6 is 0 Å². The van der Waals surface area contributed by atoms with Gasteiger partial charge in [-0.05, 0) is 25.1 Å². The summed E-state index contributed by atoms with van der Waals surface area (Å²) in [6.07, 6.45) is 5.68. The number of amides is 1. The van der Waals surface area contributed by atoms with Gasteiger partial charge in [-0.2, -0.15) is 0 Å².